The molecular formula is C29H33N3O3. The molecule has 2 atom stereocenters. The fraction of sp³-hybridized carbons (Fsp3) is 0.345. The predicted octanol–water partition coefficient (Wildman–Crippen LogP) is 4.64. The number of morpholine rings is 1. The van der Waals surface area contributed by atoms with Gasteiger partial charge in [0.15, 0.2) is 0 Å². The molecule has 0 radical (unpaired) electrons. The molecule has 3 aromatic rings. The molecule has 6 nitrogen and oxygen atoms in total. The summed E-state index contributed by atoms with van der Waals surface area (Å²) in [4.78, 5) is 14.9. The number of para-hydroxylation sites is 1. The molecule has 0 aromatic heterocycles. The Morgan fingerprint density at radius 1 is 0.943 bits per heavy atom. The van der Waals surface area contributed by atoms with Gasteiger partial charge >= 0.3 is 0 Å². The van der Waals surface area contributed by atoms with Crippen LogP contribution in [0.15, 0.2) is 78.9 Å². The first kappa shape index (κ1) is 23.4. The second kappa shape index (κ2) is 11.4. The summed E-state index contributed by atoms with van der Waals surface area (Å²) in [5, 5.41) is 6.60. The van der Waals surface area contributed by atoms with Crippen LogP contribution in [0.4, 0.5) is 5.69 Å². The molecule has 182 valence electrons. The first-order valence-corrected chi connectivity index (χ1v) is 12.5. The Kier molecular flexibility index (Phi) is 7.61. The average molecular weight is 472 g/mol. The van der Waals surface area contributed by atoms with E-state index in [0.717, 1.165) is 62.0 Å². The van der Waals surface area contributed by atoms with Crippen molar-refractivity contribution in [3.05, 3.63) is 90.0 Å². The maximum absolute atomic E-state index is 12.5. The highest BCUT2D eigenvalue weighted by Crippen LogP contribution is 2.47. The Balaban J connectivity index is 1.06. The van der Waals surface area contributed by atoms with Gasteiger partial charge in [-0.15, -0.1) is 0 Å². The molecule has 1 saturated heterocycles. The fourth-order valence-electron chi connectivity index (χ4n) is 4.54. The first-order chi connectivity index (χ1) is 17.2. The summed E-state index contributed by atoms with van der Waals surface area (Å²) >= 11 is 0. The fourth-order valence-corrected chi connectivity index (χ4v) is 4.54. The number of ether oxygens (including phenoxy) is 2. The van der Waals surface area contributed by atoms with Crippen molar-refractivity contribution in [1.29, 1.82) is 0 Å². The molecule has 0 spiro atoms. The molecule has 35 heavy (non-hydrogen) atoms. The third-order valence-corrected chi connectivity index (χ3v) is 6.67. The maximum Gasteiger partial charge on any atom is 0.223 e. The number of rotatable bonds is 10. The summed E-state index contributed by atoms with van der Waals surface area (Å²) in [6, 6.07) is 26.4. The van der Waals surface area contributed by atoms with E-state index in [0.29, 0.717) is 19.0 Å². The average Bonchev–Trinajstić information content (AvgIpc) is 3.71. The highest BCUT2D eigenvalue weighted by Gasteiger charge is 2.43. The van der Waals surface area contributed by atoms with Crippen LogP contribution in [-0.4, -0.2) is 50.2 Å². The number of benzene rings is 3. The lowest BCUT2D eigenvalue weighted by Crippen LogP contribution is -2.41. The lowest BCUT2D eigenvalue weighted by atomic mass is 10.1. The molecule has 0 bridgehead atoms. The van der Waals surface area contributed by atoms with Gasteiger partial charge in [0, 0.05) is 44.3 Å². The van der Waals surface area contributed by atoms with Gasteiger partial charge in [0.1, 0.15) is 11.5 Å². The Morgan fingerprint density at radius 2 is 1.71 bits per heavy atom. The molecule has 1 saturated carbocycles. The summed E-state index contributed by atoms with van der Waals surface area (Å²) in [7, 11) is 0. The standard InChI is InChI=1S/C29H33N3O3/c33-29(30-13-14-32-15-17-34-18-16-32)28-20-27(28)23-9-11-24(12-10-23)31-21-22-5-4-8-26(19-22)35-25-6-2-1-3-7-25/h1-12,19,27-28,31H,13-18,20-21H2,(H,30,33)/t27-,28+/m0/s1. The second-order valence-corrected chi connectivity index (χ2v) is 9.23. The van der Waals surface area contributed by atoms with Crippen LogP contribution in [0.2, 0.25) is 0 Å². The molecule has 3 aromatic carbocycles. The number of anilines is 1. The predicted molar refractivity (Wildman–Crippen MR) is 138 cm³/mol. The van der Waals surface area contributed by atoms with Crippen LogP contribution in [0.25, 0.3) is 0 Å². The molecule has 1 aliphatic heterocycles. The van der Waals surface area contributed by atoms with Crippen molar-refractivity contribution in [1.82, 2.24) is 10.2 Å². The van der Waals surface area contributed by atoms with E-state index >= 15 is 0 Å². The van der Waals surface area contributed by atoms with Crippen LogP contribution < -0.4 is 15.4 Å². The van der Waals surface area contributed by atoms with Gasteiger partial charge < -0.3 is 20.1 Å². The summed E-state index contributed by atoms with van der Waals surface area (Å²) in [6.07, 6.45) is 0.935. The molecule has 2 aliphatic rings. The third-order valence-electron chi connectivity index (χ3n) is 6.67. The number of nitrogens with one attached hydrogen (secondary N) is 2. The molecule has 5 rings (SSSR count). The van der Waals surface area contributed by atoms with Gasteiger partial charge in [-0.05, 0) is 59.9 Å². The molecular weight excluding hydrogens is 438 g/mol. The van der Waals surface area contributed by atoms with Crippen molar-refractivity contribution in [3.63, 3.8) is 0 Å². The number of hydrogen-bond donors (Lipinski definition) is 2. The van der Waals surface area contributed by atoms with Gasteiger partial charge in [-0.3, -0.25) is 9.69 Å². The van der Waals surface area contributed by atoms with Crippen molar-refractivity contribution < 1.29 is 14.3 Å². The molecule has 6 heteroatoms. The highest BCUT2D eigenvalue weighted by atomic mass is 16.5. The third kappa shape index (κ3) is 6.62. The van der Waals surface area contributed by atoms with Crippen LogP contribution in [0.3, 0.4) is 0 Å². The molecule has 2 fully saturated rings. The molecule has 0 unspecified atom stereocenters. The van der Waals surface area contributed by atoms with E-state index in [-0.39, 0.29) is 11.8 Å². The van der Waals surface area contributed by atoms with E-state index in [1.165, 1.54) is 5.56 Å². The van der Waals surface area contributed by atoms with Gasteiger partial charge in [-0.1, -0.05) is 42.5 Å². The number of hydrogen-bond acceptors (Lipinski definition) is 5. The van der Waals surface area contributed by atoms with Gasteiger partial charge in [0.05, 0.1) is 13.2 Å². The lowest BCUT2D eigenvalue weighted by molar-refractivity contribution is -0.122. The lowest BCUT2D eigenvalue weighted by Gasteiger charge is -2.26. The summed E-state index contributed by atoms with van der Waals surface area (Å²) in [5.74, 6) is 2.28. The molecule has 1 aliphatic carbocycles. The quantitative estimate of drug-likeness (QED) is 0.451. The topological polar surface area (TPSA) is 62.8 Å². The minimum atomic E-state index is 0.103. The van der Waals surface area contributed by atoms with Crippen LogP contribution in [0.1, 0.15) is 23.5 Å². The van der Waals surface area contributed by atoms with Crippen molar-refractivity contribution in [2.75, 3.05) is 44.7 Å². The van der Waals surface area contributed by atoms with Crippen LogP contribution >= 0.6 is 0 Å². The summed E-state index contributed by atoms with van der Waals surface area (Å²) in [6.45, 7) is 5.81. The summed E-state index contributed by atoms with van der Waals surface area (Å²) < 4.78 is 11.3. The van der Waals surface area contributed by atoms with Crippen molar-refractivity contribution >= 4 is 11.6 Å². The minimum absolute atomic E-state index is 0.103. The molecule has 2 N–H and O–H groups in total. The van der Waals surface area contributed by atoms with Crippen molar-refractivity contribution in [2.24, 2.45) is 5.92 Å². The largest absolute Gasteiger partial charge is 0.457 e. The Labute approximate surface area is 207 Å². The SMILES string of the molecule is O=C(NCCN1CCOCC1)[C@@H]1C[C@H]1c1ccc(NCc2cccc(Oc3ccccc3)c2)cc1. The van der Waals surface area contributed by atoms with E-state index in [9.17, 15) is 4.79 Å². The van der Waals surface area contributed by atoms with E-state index in [4.69, 9.17) is 9.47 Å². The van der Waals surface area contributed by atoms with Crippen molar-refractivity contribution in [2.45, 2.75) is 18.9 Å². The number of nitrogens with zero attached hydrogens (tertiary/aromatic N) is 1. The second-order valence-electron chi connectivity index (χ2n) is 9.23. The van der Waals surface area contributed by atoms with Gasteiger partial charge in [0.25, 0.3) is 0 Å². The zero-order chi connectivity index (χ0) is 23.9. The number of amides is 1. The normalized spacial score (nSPS) is 19.7. The zero-order valence-corrected chi connectivity index (χ0v) is 20.0. The molecule has 1 amide bonds. The van der Waals surface area contributed by atoms with Gasteiger partial charge in [-0.2, -0.15) is 0 Å². The minimum Gasteiger partial charge on any atom is -0.457 e. The monoisotopic (exact) mass is 471 g/mol. The van der Waals surface area contributed by atoms with Crippen LogP contribution in [0, 0.1) is 5.92 Å². The highest BCUT2D eigenvalue weighted by molar-refractivity contribution is 5.82. The molecule has 1 heterocycles. The van der Waals surface area contributed by atoms with Crippen LogP contribution in [0.5, 0.6) is 11.5 Å². The zero-order valence-electron chi connectivity index (χ0n) is 20.0. The Hall–Kier alpha value is -3.35. The van der Waals surface area contributed by atoms with Crippen LogP contribution in [-0.2, 0) is 16.1 Å². The first-order valence-electron chi connectivity index (χ1n) is 12.5. The van der Waals surface area contributed by atoms with Crippen molar-refractivity contribution in [3.8, 4) is 11.5 Å². The number of carbonyl (C=O) groups excluding carboxylic acids is 1. The number of carbonyl (C=O) groups is 1. The van der Waals surface area contributed by atoms with Gasteiger partial charge in [-0.25, -0.2) is 0 Å². The van der Waals surface area contributed by atoms with E-state index in [1.54, 1.807) is 0 Å². The maximum atomic E-state index is 12.5. The summed E-state index contributed by atoms with van der Waals surface area (Å²) in [5.41, 5.74) is 3.45. The smallest absolute Gasteiger partial charge is 0.223 e. The Morgan fingerprint density at radius 3 is 2.51 bits per heavy atom. The Bertz CT molecular complexity index is 1100. The van der Waals surface area contributed by atoms with E-state index in [1.807, 2.05) is 42.5 Å². The van der Waals surface area contributed by atoms with Gasteiger partial charge in [0.2, 0.25) is 5.91 Å². The van der Waals surface area contributed by atoms with E-state index in [2.05, 4.69) is 51.9 Å². The van der Waals surface area contributed by atoms with E-state index < -0.39 is 0 Å².